The lowest BCUT2D eigenvalue weighted by Gasteiger charge is -2.12. The molecule has 0 unspecified atom stereocenters. The molecule has 2 aromatic rings. The van der Waals surface area contributed by atoms with Gasteiger partial charge < -0.3 is 0 Å². The van der Waals surface area contributed by atoms with Gasteiger partial charge in [-0.15, -0.1) is 0 Å². The van der Waals surface area contributed by atoms with Crippen LogP contribution < -0.4 is 4.72 Å². The Labute approximate surface area is 132 Å². The first-order valence-corrected chi connectivity index (χ1v) is 8.51. The predicted molar refractivity (Wildman–Crippen MR) is 85.9 cm³/mol. The van der Waals surface area contributed by atoms with E-state index >= 15 is 0 Å². The van der Waals surface area contributed by atoms with Gasteiger partial charge in [0, 0.05) is 4.47 Å². The Morgan fingerprint density at radius 1 is 1.10 bits per heavy atom. The number of benzene rings is 2. The Morgan fingerprint density at radius 3 is 2.40 bits per heavy atom. The highest BCUT2D eigenvalue weighted by Crippen LogP contribution is 2.28. The van der Waals surface area contributed by atoms with E-state index in [9.17, 15) is 8.42 Å². The molecular formula is C14H13BrClNO2S. The van der Waals surface area contributed by atoms with Crippen LogP contribution in [0.2, 0.25) is 5.02 Å². The van der Waals surface area contributed by atoms with Gasteiger partial charge in [0.25, 0.3) is 10.0 Å². The molecule has 0 saturated carbocycles. The van der Waals surface area contributed by atoms with Crippen molar-refractivity contribution in [3.05, 3.63) is 57.0 Å². The summed E-state index contributed by atoms with van der Waals surface area (Å²) in [6.07, 6.45) is 0. The molecule has 1 N–H and O–H groups in total. The van der Waals surface area contributed by atoms with E-state index in [0.717, 1.165) is 15.6 Å². The van der Waals surface area contributed by atoms with Crippen LogP contribution in [-0.2, 0) is 10.0 Å². The van der Waals surface area contributed by atoms with E-state index in [0.29, 0.717) is 10.7 Å². The number of para-hydroxylation sites is 1. The molecule has 6 heteroatoms. The number of anilines is 1. The first kappa shape index (κ1) is 15.4. The fraction of sp³-hybridized carbons (Fsp3) is 0.143. The van der Waals surface area contributed by atoms with Gasteiger partial charge in [-0.2, -0.15) is 0 Å². The van der Waals surface area contributed by atoms with E-state index in [-0.39, 0.29) is 4.90 Å². The fourth-order valence-electron chi connectivity index (χ4n) is 1.74. The highest BCUT2D eigenvalue weighted by Gasteiger charge is 2.17. The molecule has 0 fully saturated rings. The smallest absolute Gasteiger partial charge is 0.261 e. The van der Waals surface area contributed by atoms with Gasteiger partial charge in [0.05, 0.1) is 15.6 Å². The van der Waals surface area contributed by atoms with E-state index in [1.807, 2.05) is 6.92 Å². The van der Waals surface area contributed by atoms with Gasteiger partial charge >= 0.3 is 0 Å². The molecule has 0 spiro atoms. The highest BCUT2D eigenvalue weighted by molar-refractivity contribution is 9.10. The number of hydrogen-bond acceptors (Lipinski definition) is 2. The summed E-state index contributed by atoms with van der Waals surface area (Å²) in [5.74, 6) is 0. The number of sulfonamides is 1. The Morgan fingerprint density at radius 2 is 1.80 bits per heavy atom. The van der Waals surface area contributed by atoms with Crippen LogP contribution in [0, 0.1) is 13.8 Å². The maximum Gasteiger partial charge on any atom is 0.261 e. The van der Waals surface area contributed by atoms with Gasteiger partial charge in [-0.25, -0.2) is 8.42 Å². The summed E-state index contributed by atoms with van der Waals surface area (Å²) in [5, 5.41) is 0.377. The third-order valence-electron chi connectivity index (χ3n) is 2.90. The van der Waals surface area contributed by atoms with Crippen molar-refractivity contribution in [2.45, 2.75) is 18.7 Å². The quantitative estimate of drug-likeness (QED) is 0.858. The van der Waals surface area contributed by atoms with Crippen LogP contribution in [0.5, 0.6) is 0 Å². The third-order valence-corrected chi connectivity index (χ3v) is 5.45. The number of hydrogen-bond donors (Lipinski definition) is 1. The largest absolute Gasteiger partial charge is 0.278 e. The van der Waals surface area contributed by atoms with Gasteiger partial charge in [0.15, 0.2) is 0 Å². The van der Waals surface area contributed by atoms with Crippen LogP contribution in [0.25, 0.3) is 0 Å². The molecule has 0 aromatic heterocycles. The second-order valence-corrected chi connectivity index (χ2v) is 7.39. The number of nitrogens with one attached hydrogen (secondary N) is 1. The fourth-order valence-corrected chi connectivity index (χ4v) is 3.55. The van der Waals surface area contributed by atoms with Gasteiger partial charge in [-0.3, -0.25) is 4.72 Å². The molecule has 0 heterocycles. The average molecular weight is 375 g/mol. The van der Waals surface area contributed by atoms with Crippen molar-refractivity contribution in [1.29, 1.82) is 0 Å². The van der Waals surface area contributed by atoms with Crippen molar-refractivity contribution in [2.75, 3.05) is 4.72 Å². The van der Waals surface area contributed by atoms with Crippen LogP contribution in [0.4, 0.5) is 5.69 Å². The average Bonchev–Trinajstić information content (AvgIpc) is 2.37. The summed E-state index contributed by atoms with van der Waals surface area (Å²) in [5.41, 5.74) is 2.04. The topological polar surface area (TPSA) is 46.2 Å². The SMILES string of the molecule is Cc1cc(S(=O)(=O)Nc2c(C)cccc2Cl)ccc1Br. The molecule has 2 rings (SSSR count). The van der Waals surface area contributed by atoms with E-state index in [1.165, 1.54) is 0 Å². The molecule has 0 aliphatic carbocycles. The van der Waals surface area contributed by atoms with Gasteiger partial charge in [-0.05, 0) is 49.2 Å². The van der Waals surface area contributed by atoms with Crippen molar-refractivity contribution < 1.29 is 8.42 Å². The minimum Gasteiger partial charge on any atom is -0.278 e. The minimum absolute atomic E-state index is 0.206. The van der Waals surface area contributed by atoms with Gasteiger partial charge in [0.2, 0.25) is 0 Å². The lowest BCUT2D eigenvalue weighted by atomic mass is 10.2. The Balaban J connectivity index is 2.43. The normalized spacial score (nSPS) is 11.4. The van der Waals surface area contributed by atoms with Crippen LogP contribution in [0.3, 0.4) is 0 Å². The molecule has 0 atom stereocenters. The molecule has 20 heavy (non-hydrogen) atoms. The third kappa shape index (κ3) is 3.16. The van der Waals surface area contributed by atoms with Crippen LogP contribution in [-0.4, -0.2) is 8.42 Å². The maximum absolute atomic E-state index is 12.4. The molecule has 0 amide bonds. The standard InChI is InChI=1S/C14H13BrClNO2S/c1-9-4-3-5-13(16)14(9)17-20(18,19)11-6-7-12(15)10(2)8-11/h3-8,17H,1-2H3. The molecule has 0 bridgehead atoms. The zero-order valence-corrected chi connectivity index (χ0v) is 14.1. The minimum atomic E-state index is -3.65. The Hall–Kier alpha value is -1.04. The summed E-state index contributed by atoms with van der Waals surface area (Å²) in [7, 11) is -3.65. The van der Waals surface area contributed by atoms with Crippen LogP contribution >= 0.6 is 27.5 Å². The lowest BCUT2D eigenvalue weighted by molar-refractivity contribution is 0.601. The van der Waals surface area contributed by atoms with Gasteiger partial charge in [0.1, 0.15) is 0 Å². The molecule has 0 radical (unpaired) electrons. The zero-order valence-electron chi connectivity index (χ0n) is 10.9. The van der Waals surface area contributed by atoms with E-state index in [4.69, 9.17) is 11.6 Å². The summed E-state index contributed by atoms with van der Waals surface area (Å²) in [6, 6.07) is 10.1. The summed E-state index contributed by atoms with van der Waals surface area (Å²) >= 11 is 9.39. The Kier molecular flexibility index (Phi) is 4.42. The van der Waals surface area contributed by atoms with Crippen molar-refractivity contribution in [1.82, 2.24) is 0 Å². The summed E-state index contributed by atoms with van der Waals surface area (Å²) < 4.78 is 28.2. The van der Waals surface area contributed by atoms with E-state index in [2.05, 4.69) is 20.7 Å². The first-order valence-electron chi connectivity index (χ1n) is 5.85. The molecule has 0 saturated heterocycles. The molecule has 3 nitrogen and oxygen atoms in total. The van der Waals surface area contributed by atoms with Crippen molar-refractivity contribution >= 4 is 43.2 Å². The molecular weight excluding hydrogens is 362 g/mol. The van der Waals surface area contributed by atoms with E-state index in [1.54, 1.807) is 43.3 Å². The summed E-state index contributed by atoms with van der Waals surface area (Å²) in [4.78, 5) is 0.206. The summed E-state index contributed by atoms with van der Waals surface area (Å²) in [6.45, 7) is 3.64. The number of aryl methyl sites for hydroxylation is 2. The zero-order chi connectivity index (χ0) is 14.9. The number of rotatable bonds is 3. The lowest BCUT2D eigenvalue weighted by Crippen LogP contribution is -2.14. The maximum atomic E-state index is 12.4. The first-order chi connectivity index (χ1) is 9.31. The Bertz CT molecular complexity index is 740. The highest BCUT2D eigenvalue weighted by atomic mass is 79.9. The van der Waals surface area contributed by atoms with Crippen molar-refractivity contribution in [2.24, 2.45) is 0 Å². The predicted octanol–water partition coefficient (Wildman–Crippen LogP) is 4.52. The van der Waals surface area contributed by atoms with Crippen molar-refractivity contribution in [3.8, 4) is 0 Å². The molecule has 106 valence electrons. The van der Waals surface area contributed by atoms with Gasteiger partial charge in [-0.1, -0.05) is 39.7 Å². The van der Waals surface area contributed by atoms with Crippen molar-refractivity contribution in [3.63, 3.8) is 0 Å². The van der Waals surface area contributed by atoms with Crippen LogP contribution in [0.15, 0.2) is 45.8 Å². The molecule has 0 aliphatic heterocycles. The molecule has 2 aromatic carbocycles. The second-order valence-electron chi connectivity index (χ2n) is 4.45. The van der Waals surface area contributed by atoms with Crippen LogP contribution in [0.1, 0.15) is 11.1 Å². The monoisotopic (exact) mass is 373 g/mol. The molecule has 0 aliphatic rings. The second kappa shape index (κ2) is 5.76. The number of halogens is 2. The van der Waals surface area contributed by atoms with E-state index < -0.39 is 10.0 Å².